The summed E-state index contributed by atoms with van der Waals surface area (Å²) in [6.07, 6.45) is -1.97. The molecule has 1 nitrogen and oxygen atoms in total. The molecular weight excluding hydrogens is 229 g/mol. The third-order valence-electron chi connectivity index (χ3n) is 3.26. The van der Waals surface area contributed by atoms with Crippen LogP contribution in [-0.4, -0.2) is 18.4 Å². The van der Waals surface area contributed by atoms with Crippen LogP contribution in [-0.2, 0) is 4.74 Å². The molecule has 0 N–H and O–H groups in total. The molecule has 0 saturated heterocycles. The Morgan fingerprint density at radius 3 is 2.00 bits per heavy atom. The maximum absolute atomic E-state index is 12.8. The van der Waals surface area contributed by atoms with Gasteiger partial charge in [-0.05, 0) is 26.2 Å². The Balaban J connectivity index is 4.46. The van der Waals surface area contributed by atoms with Gasteiger partial charge in [-0.25, -0.2) is 0 Å². The van der Waals surface area contributed by atoms with Gasteiger partial charge in [-0.15, -0.1) is 0 Å². The molecule has 0 aromatic rings. The van der Waals surface area contributed by atoms with Crippen molar-refractivity contribution in [1.29, 1.82) is 0 Å². The van der Waals surface area contributed by atoms with Crippen molar-refractivity contribution in [2.24, 2.45) is 11.8 Å². The van der Waals surface area contributed by atoms with E-state index in [-0.39, 0.29) is 6.61 Å². The molecule has 4 heteroatoms. The molecule has 0 aliphatic carbocycles. The summed E-state index contributed by atoms with van der Waals surface area (Å²) in [6.45, 7) is 8.88. The zero-order valence-corrected chi connectivity index (χ0v) is 11.5. The highest BCUT2D eigenvalue weighted by molar-refractivity contribution is 4.75. The van der Waals surface area contributed by atoms with E-state index in [2.05, 4.69) is 0 Å². The lowest BCUT2D eigenvalue weighted by Gasteiger charge is -2.31. The number of hydrogen-bond acceptors (Lipinski definition) is 1. The molecule has 0 spiro atoms. The first-order valence-electron chi connectivity index (χ1n) is 6.34. The largest absolute Gasteiger partial charge is 0.394 e. The molecule has 0 aliphatic rings. The van der Waals surface area contributed by atoms with Crippen LogP contribution in [0.4, 0.5) is 13.2 Å². The first-order chi connectivity index (χ1) is 7.64. The fraction of sp³-hybridized carbons (Fsp3) is 1.00. The molecule has 2 unspecified atom stereocenters. The molecule has 0 heterocycles. The highest BCUT2D eigenvalue weighted by Gasteiger charge is 2.43. The van der Waals surface area contributed by atoms with Gasteiger partial charge in [0.25, 0.3) is 0 Å². The Morgan fingerprint density at radius 1 is 1.12 bits per heavy atom. The van der Waals surface area contributed by atoms with Gasteiger partial charge in [0, 0.05) is 0 Å². The highest BCUT2D eigenvalue weighted by Crippen LogP contribution is 2.35. The summed E-state index contributed by atoms with van der Waals surface area (Å²) in [5.74, 6) is -1.75. The number of ether oxygens (including phenoxy) is 1. The van der Waals surface area contributed by atoms with Crippen LogP contribution < -0.4 is 0 Å². The topological polar surface area (TPSA) is 9.23 Å². The second-order valence-corrected chi connectivity index (χ2v) is 5.35. The van der Waals surface area contributed by atoms with Gasteiger partial charge >= 0.3 is 6.18 Å². The molecule has 0 aliphatic heterocycles. The van der Waals surface area contributed by atoms with E-state index in [1.165, 1.54) is 0 Å². The van der Waals surface area contributed by atoms with E-state index < -0.39 is 23.6 Å². The van der Waals surface area contributed by atoms with Crippen LogP contribution in [0.25, 0.3) is 0 Å². The van der Waals surface area contributed by atoms with Gasteiger partial charge in [-0.1, -0.05) is 33.6 Å². The molecule has 0 aromatic heterocycles. The summed E-state index contributed by atoms with van der Waals surface area (Å²) >= 11 is 0. The first kappa shape index (κ1) is 16.8. The summed E-state index contributed by atoms with van der Waals surface area (Å²) in [6, 6.07) is 0. The molecule has 0 bridgehead atoms. The monoisotopic (exact) mass is 254 g/mol. The number of halogens is 3. The first-order valence-corrected chi connectivity index (χ1v) is 6.34. The molecule has 0 fully saturated rings. The lowest BCUT2D eigenvalue weighted by Crippen LogP contribution is -2.36. The fourth-order valence-corrected chi connectivity index (χ4v) is 1.86. The maximum atomic E-state index is 12.8. The number of rotatable bonds is 7. The normalized spacial score (nSPS) is 16.9. The Kier molecular flexibility index (Phi) is 6.52. The van der Waals surface area contributed by atoms with E-state index >= 15 is 0 Å². The zero-order chi connectivity index (χ0) is 13.7. The molecule has 104 valence electrons. The van der Waals surface area contributed by atoms with Crippen molar-refractivity contribution in [3.05, 3.63) is 0 Å². The van der Waals surface area contributed by atoms with Gasteiger partial charge in [0.1, 0.15) is 0 Å². The van der Waals surface area contributed by atoms with Gasteiger partial charge < -0.3 is 4.74 Å². The fourth-order valence-electron chi connectivity index (χ4n) is 1.86. The molecule has 2 atom stereocenters. The molecule has 17 heavy (non-hydrogen) atoms. The second kappa shape index (κ2) is 6.62. The minimum atomic E-state index is -4.17. The van der Waals surface area contributed by atoms with Crippen LogP contribution in [0.1, 0.15) is 53.9 Å². The quantitative estimate of drug-likeness (QED) is 0.633. The van der Waals surface area contributed by atoms with Crippen molar-refractivity contribution in [2.75, 3.05) is 6.61 Å². The van der Waals surface area contributed by atoms with Crippen LogP contribution in [0.2, 0.25) is 0 Å². The maximum Gasteiger partial charge on any atom is 0.394 e. The smallest absolute Gasteiger partial charge is 0.375 e. The highest BCUT2D eigenvalue weighted by atomic mass is 19.4. The minimum absolute atomic E-state index is 0.231. The van der Waals surface area contributed by atoms with E-state index in [0.717, 1.165) is 12.8 Å². The van der Waals surface area contributed by atoms with Crippen molar-refractivity contribution in [3.8, 4) is 0 Å². The van der Waals surface area contributed by atoms with Gasteiger partial charge in [-0.3, -0.25) is 0 Å². The van der Waals surface area contributed by atoms with Gasteiger partial charge in [0.2, 0.25) is 0 Å². The lowest BCUT2D eigenvalue weighted by molar-refractivity contribution is -0.211. The Hall–Kier alpha value is -0.250. The van der Waals surface area contributed by atoms with Gasteiger partial charge in [0.15, 0.2) is 0 Å². The van der Waals surface area contributed by atoms with E-state index in [0.29, 0.717) is 6.42 Å². The average Bonchev–Trinajstić information content (AvgIpc) is 2.15. The number of hydrogen-bond donors (Lipinski definition) is 0. The van der Waals surface area contributed by atoms with Crippen LogP contribution >= 0.6 is 0 Å². The van der Waals surface area contributed by atoms with Crippen LogP contribution in [0.3, 0.4) is 0 Å². The second-order valence-electron chi connectivity index (χ2n) is 5.35. The van der Waals surface area contributed by atoms with Crippen molar-refractivity contribution < 1.29 is 17.9 Å². The van der Waals surface area contributed by atoms with Crippen LogP contribution in [0.5, 0.6) is 0 Å². The summed E-state index contributed by atoms with van der Waals surface area (Å²) in [5.41, 5.74) is -0.467. The SMILES string of the molecule is CCCC(C)(C)OCC(C(C)CC)C(F)(F)F. The molecule has 0 radical (unpaired) electrons. The summed E-state index contributed by atoms with van der Waals surface area (Å²) in [5, 5.41) is 0. The minimum Gasteiger partial charge on any atom is -0.375 e. The Bertz CT molecular complexity index is 211. The third-order valence-corrected chi connectivity index (χ3v) is 3.26. The Morgan fingerprint density at radius 2 is 1.65 bits per heavy atom. The van der Waals surface area contributed by atoms with Crippen molar-refractivity contribution in [3.63, 3.8) is 0 Å². The van der Waals surface area contributed by atoms with E-state index in [1.807, 2.05) is 20.8 Å². The van der Waals surface area contributed by atoms with Gasteiger partial charge in [-0.2, -0.15) is 13.2 Å². The predicted molar refractivity (Wildman–Crippen MR) is 63.9 cm³/mol. The molecule has 0 aromatic carbocycles. The van der Waals surface area contributed by atoms with Crippen LogP contribution in [0, 0.1) is 11.8 Å². The zero-order valence-electron chi connectivity index (χ0n) is 11.5. The van der Waals surface area contributed by atoms with Crippen molar-refractivity contribution in [2.45, 2.75) is 65.7 Å². The predicted octanol–water partition coefficient (Wildman–Crippen LogP) is 4.81. The van der Waals surface area contributed by atoms with E-state index in [9.17, 15) is 13.2 Å². The average molecular weight is 254 g/mol. The molecule has 0 rings (SSSR count). The van der Waals surface area contributed by atoms with Crippen LogP contribution in [0.15, 0.2) is 0 Å². The van der Waals surface area contributed by atoms with E-state index in [4.69, 9.17) is 4.74 Å². The van der Waals surface area contributed by atoms with Gasteiger partial charge in [0.05, 0.1) is 18.1 Å². The summed E-state index contributed by atoms with van der Waals surface area (Å²) in [7, 11) is 0. The lowest BCUT2D eigenvalue weighted by atomic mass is 9.91. The standard InChI is InChI=1S/C13H25F3O/c1-6-8-12(4,5)17-9-11(10(3)7-2)13(14,15)16/h10-11H,6-9H2,1-5H3. The summed E-state index contributed by atoms with van der Waals surface area (Å²) in [4.78, 5) is 0. The Labute approximate surface area is 103 Å². The van der Waals surface area contributed by atoms with Crippen molar-refractivity contribution in [1.82, 2.24) is 0 Å². The number of alkyl halides is 3. The van der Waals surface area contributed by atoms with E-state index in [1.54, 1.807) is 13.8 Å². The molecular formula is C13H25F3O. The van der Waals surface area contributed by atoms with Crippen molar-refractivity contribution >= 4 is 0 Å². The molecule has 0 amide bonds. The molecule has 0 saturated carbocycles. The third kappa shape index (κ3) is 6.29. The summed E-state index contributed by atoms with van der Waals surface area (Å²) < 4.78 is 44.0.